The molecule has 0 saturated carbocycles. The Hall–Kier alpha value is -2.87. The molecular formula is C20H11Cl3F2N2O3. The molecule has 30 heavy (non-hydrogen) atoms. The number of anilines is 1. The lowest BCUT2D eigenvalue weighted by Crippen LogP contribution is -2.35. The molecule has 2 N–H and O–H groups in total. The number of hydrogen-bond donors (Lipinski definition) is 2. The summed E-state index contributed by atoms with van der Waals surface area (Å²) in [4.78, 5) is 24.0. The monoisotopic (exact) mass is 470 g/mol. The molecule has 0 aliphatic rings. The van der Waals surface area contributed by atoms with Crippen molar-refractivity contribution >= 4 is 52.4 Å². The first-order valence-corrected chi connectivity index (χ1v) is 9.37. The van der Waals surface area contributed by atoms with Crippen LogP contribution in [-0.2, 0) is 0 Å². The van der Waals surface area contributed by atoms with Crippen molar-refractivity contribution in [1.29, 1.82) is 0 Å². The normalized spacial score (nSPS) is 10.4. The predicted octanol–water partition coefficient (Wildman–Crippen LogP) is 6.68. The van der Waals surface area contributed by atoms with Gasteiger partial charge in [0.2, 0.25) is 0 Å². The molecule has 154 valence electrons. The Kier molecular flexibility index (Phi) is 6.77. The van der Waals surface area contributed by atoms with Gasteiger partial charge in [-0.2, -0.15) is 0 Å². The number of nitrogens with one attached hydrogen (secondary N) is 2. The van der Waals surface area contributed by atoms with Gasteiger partial charge in [-0.3, -0.25) is 10.1 Å². The minimum absolute atomic E-state index is 0.0687. The van der Waals surface area contributed by atoms with Crippen molar-refractivity contribution in [2.45, 2.75) is 0 Å². The zero-order chi connectivity index (χ0) is 21.8. The van der Waals surface area contributed by atoms with Gasteiger partial charge in [-0.25, -0.2) is 13.6 Å². The van der Waals surface area contributed by atoms with E-state index in [4.69, 9.17) is 39.5 Å². The van der Waals surface area contributed by atoms with Crippen LogP contribution >= 0.6 is 34.8 Å². The van der Waals surface area contributed by atoms with Gasteiger partial charge in [-0.1, -0.05) is 40.9 Å². The highest BCUT2D eigenvalue weighted by molar-refractivity contribution is 6.37. The molecule has 0 unspecified atom stereocenters. The molecule has 0 spiro atoms. The molecule has 0 bridgehead atoms. The summed E-state index contributed by atoms with van der Waals surface area (Å²) < 4.78 is 32.9. The molecule has 0 aliphatic carbocycles. The van der Waals surface area contributed by atoms with Gasteiger partial charge in [-0.15, -0.1) is 0 Å². The first-order valence-electron chi connectivity index (χ1n) is 8.23. The predicted molar refractivity (Wildman–Crippen MR) is 111 cm³/mol. The number of hydrogen-bond acceptors (Lipinski definition) is 3. The first-order chi connectivity index (χ1) is 14.2. The number of ether oxygens (including phenoxy) is 1. The van der Waals surface area contributed by atoms with E-state index in [0.29, 0.717) is 10.8 Å². The van der Waals surface area contributed by atoms with Crippen molar-refractivity contribution in [2.24, 2.45) is 0 Å². The van der Waals surface area contributed by atoms with Gasteiger partial charge >= 0.3 is 6.03 Å². The molecule has 0 heterocycles. The van der Waals surface area contributed by atoms with E-state index in [1.54, 1.807) is 24.3 Å². The Balaban J connectivity index is 1.71. The van der Waals surface area contributed by atoms with Crippen LogP contribution in [0.5, 0.6) is 11.5 Å². The van der Waals surface area contributed by atoms with Crippen LogP contribution in [0.2, 0.25) is 15.1 Å². The van der Waals surface area contributed by atoms with Crippen molar-refractivity contribution < 1.29 is 23.1 Å². The third-order valence-corrected chi connectivity index (χ3v) is 4.52. The van der Waals surface area contributed by atoms with Gasteiger partial charge in [0.15, 0.2) is 5.75 Å². The maximum Gasteiger partial charge on any atom is 0.326 e. The van der Waals surface area contributed by atoms with Crippen LogP contribution in [0.3, 0.4) is 0 Å². The fourth-order valence-corrected chi connectivity index (χ4v) is 3.08. The van der Waals surface area contributed by atoms with Crippen molar-refractivity contribution in [3.8, 4) is 11.5 Å². The highest BCUT2D eigenvalue weighted by Crippen LogP contribution is 2.39. The van der Waals surface area contributed by atoms with Crippen LogP contribution in [0, 0.1) is 11.6 Å². The molecule has 0 fully saturated rings. The summed E-state index contributed by atoms with van der Waals surface area (Å²) in [5.41, 5.74) is -0.761. The third kappa shape index (κ3) is 5.18. The van der Waals surface area contributed by atoms with Gasteiger partial charge in [0.25, 0.3) is 5.91 Å². The van der Waals surface area contributed by atoms with Crippen molar-refractivity contribution in [2.75, 3.05) is 5.32 Å². The Morgan fingerprint density at radius 2 is 1.43 bits per heavy atom. The molecular weight excluding hydrogens is 461 g/mol. The maximum atomic E-state index is 13.6. The summed E-state index contributed by atoms with van der Waals surface area (Å²) in [6.07, 6.45) is 0. The van der Waals surface area contributed by atoms with Crippen LogP contribution in [0.1, 0.15) is 10.4 Å². The summed E-state index contributed by atoms with van der Waals surface area (Å²) in [6, 6.07) is 11.0. The summed E-state index contributed by atoms with van der Waals surface area (Å²) in [6.45, 7) is 0. The van der Waals surface area contributed by atoms with E-state index >= 15 is 0 Å². The molecule has 0 aromatic heterocycles. The van der Waals surface area contributed by atoms with Crippen LogP contribution in [0.15, 0.2) is 54.6 Å². The Bertz CT molecular complexity index is 1080. The van der Waals surface area contributed by atoms with Crippen LogP contribution < -0.4 is 15.4 Å². The smallest absolute Gasteiger partial charge is 0.326 e. The van der Waals surface area contributed by atoms with E-state index in [2.05, 4.69) is 5.32 Å². The van der Waals surface area contributed by atoms with E-state index in [-0.39, 0.29) is 21.5 Å². The molecule has 10 heteroatoms. The number of carbonyl (C=O) groups is 2. The van der Waals surface area contributed by atoms with Gasteiger partial charge in [-0.05, 0) is 48.5 Å². The molecule has 3 aromatic carbocycles. The lowest BCUT2D eigenvalue weighted by Gasteiger charge is -2.13. The van der Waals surface area contributed by atoms with Crippen molar-refractivity contribution in [1.82, 2.24) is 5.32 Å². The molecule has 3 aromatic rings. The van der Waals surface area contributed by atoms with Gasteiger partial charge in [0.05, 0.1) is 10.0 Å². The first kappa shape index (κ1) is 21.8. The molecule has 0 radical (unpaired) electrons. The number of benzene rings is 3. The van der Waals surface area contributed by atoms with E-state index in [0.717, 1.165) is 18.2 Å². The topological polar surface area (TPSA) is 67.4 Å². The summed E-state index contributed by atoms with van der Waals surface area (Å²) >= 11 is 18.2. The lowest BCUT2D eigenvalue weighted by molar-refractivity contribution is 0.0959. The highest BCUT2D eigenvalue weighted by Gasteiger charge is 2.20. The highest BCUT2D eigenvalue weighted by atomic mass is 35.5. The molecule has 5 nitrogen and oxygen atoms in total. The van der Waals surface area contributed by atoms with Crippen LogP contribution in [0.4, 0.5) is 19.3 Å². The number of urea groups is 1. The SMILES string of the molecule is O=C(NC(=O)c1c(F)cccc1F)Nc1cc(Cl)c(Oc2ccc(Cl)cc2)c(Cl)c1. The zero-order valence-corrected chi connectivity index (χ0v) is 17.1. The number of halogens is 5. The zero-order valence-electron chi connectivity index (χ0n) is 14.8. The summed E-state index contributed by atoms with van der Waals surface area (Å²) in [7, 11) is 0. The van der Waals surface area contributed by atoms with E-state index in [1.807, 2.05) is 5.32 Å². The molecule has 0 aliphatic heterocycles. The number of carbonyl (C=O) groups excluding carboxylic acids is 2. The van der Waals surface area contributed by atoms with E-state index in [1.165, 1.54) is 12.1 Å². The summed E-state index contributed by atoms with van der Waals surface area (Å²) in [5, 5.41) is 4.79. The molecule has 3 amide bonds. The second kappa shape index (κ2) is 9.30. The van der Waals surface area contributed by atoms with Gasteiger partial charge in [0, 0.05) is 10.7 Å². The minimum atomic E-state index is -1.25. The molecule has 0 atom stereocenters. The second-order valence-electron chi connectivity index (χ2n) is 5.83. The average Bonchev–Trinajstić information content (AvgIpc) is 2.66. The minimum Gasteiger partial charge on any atom is -0.454 e. The van der Waals surface area contributed by atoms with Crippen LogP contribution in [0.25, 0.3) is 0 Å². The molecule has 0 saturated heterocycles. The number of amides is 3. The summed E-state index contributed by atoms with van der Waals surface area (Å²) in [5.74, 6) is -2.89. The standard InChI is InChI=1S/C20H11Cl3F2N2O3/c21-10-4-6-12(7-5-10)30-18-13(22)8-11(9-14(18)23)26-20(29)27-19(28)17-15(24)2-1-3-16(17)25/h1-9H,(H2,26,27,28,29). The third-order valence-electron chi connectivity index (χ3n) is 3.71. The number of rotatable bonds is 4. The van der Waals surface area contributed by atoms with E-state index < -0.39 is 29.1 Å². The van der Waals surface area contributed by atoms with Crippen molar-refractivity contribution in [3.63, 3.8) is 0 Å². The lowest BCUT2D eigenvalue weighted by atomic mass is 10.2. The Morgan fingerprint density at radius 3 is 2.00 bits per heavy atom. The fraction of sp³-hybridized carbons (Fsp3) is 0. The van der Waals surface area contributed by atoms with Gasteiger partial charge < -0.3 is 10.1 Å². The number of imide groups is 1. The van der Waals surface area contributed by atoms with Crippen molar-refractivity contribution in [3.05, 3.63) is 86.9 Å². The van der Waals surface area contributed by atoms with E-state index in [9.17, 15) is 18.4 Å². The quantitative estimate of drug-likeness (QED) is 0.446. The fourth-order valence-electron chi connectivity index (χ4n) is 2.39. The maximum absolute atomic E-state index is 13.6. The Labute approximate surface area is 184 Å². The second-order valence-corrected chi connectivity index (χ2v) is 7.08. The van der Waals surface area contributed by atoms with Crippen LogP contribution in [-0.4, -0.2) is 11.9 Å². The van der Waals surface area contributed by atoms with Gasteiger partial charge in [0.1, 0.15) is 22.9 Å². The Morgan fingerprint density at radius 1 is 0.867 bits per heavy atom. The average molecular weight is 472 g/mol. The largest absolute Gasteiger partial charge is 0.454 e. The molecule has 3 rings (SSSR count).